The van der Waals surface area contributed by atoms with E-state index >= 15 is 0 Å². The zero-order valence-corrected chi connectivity index (χ0v) is 13.7. The lowest BCUT2D eigenvalue weighted by atomic mass is 10.0. The van der Waals surface area contributed by atoms with Crippen LogP contribution >= 0.6 is 11.6 Å². The molecule has 3 nitrogen and oxygen atoms in total. The van der Waals surface area contributed by atoms with Gasteiger partial charge in [-0.1, -0.05) is 55.8 Å². The van der Waals surface area contributed by atoms with Crippen molar-refractivity contribution in [2.75, 3.05) is 0 Å². The molecule has 0 unspecified atom stereocenters. The molecule has 2 aromatic rings. The van der Waals surface area contributed by atoms with Gasteiger partial charge in [0, 0.05) is 10.6 Å². The van der Waals surface area contributed by atoms with E-state index in [1.165, 1.54) is 5.56 Å². The Balaban J connectivity index is 1.88. The maximum absolute atomic E-state index is 12.0. The lowest BCUT2D eigenvalue weighted by molar-refractivity contribution is -0.129. The topological polar surface area (TPSA) is 38.7 Å². The van der Waals surface area contributed by atoms with Crippen LogP contribution in [0.1, 0.15) is 36.5 Å². The number of nitrogens with zero attached hydrogens (tertiary/aromatic N) is 1. The molecule has 116 valence electrons. The van der Waals surface area contributed by atoms with Crippen LogP contribution in [0.25, 0.3) is 6.08 Å². The fraction of sp³-hybridized carbons (Fsp3) is 0.158. The van der Waals surface area contributed by atoms with E-state index in [9.17, 15) is 4.79 Å². The van der Waals surface area contributed by atoms with E-state index in [2.05, 4.69) is 31.0 Å². The first kappa shape index (κ1) is 15.5. The van der Waals surface area contributed by atoms with Gasteiger partial charge in [-0.2, -0.15) is 0 Å². The Hall–Kier alpha value is -2.39. The molecule has 2 aromatic carbocycles. The van der Waals surface area contributed by atoms with Crippen LogP contribution in [-0.4, -0.2) is 11.9 Å². The van der Waals surface area contributed by atoms with Crippen LogP contribution in [0.3, 0.4) is 0 Å². The van der Waals surface area contributed by atoms with E-state index in [0.717, 1.165) is 5.56 Å². The first-order valence-electron chi connectivity index (χ1n) is 7.41. The summed E-state index contributed by atoms with van der Waals surface area (Å²) in [7, 11) is 0. The van der Waals surface area contributed by atoms with Crippen molar-refractivity contribution in [3.63, 3.8) is 0 Å². The highest BCUT2D eigenvalue weighted by molar-refractivity contribution is 6.31. The third-order valence-electron chi connectivity index (χ3n) is 3.60. The molecule has 0 aliphatic carbocycles. The van der Waals surface area contributed by atoms with E-state index in [0.29, 0.717) is 16.5 Å². The standard InChI is InChI=1S/C19H16ClNO2/c1-12(2)14-8-6-13(7-9-14)10-17-19(22)23-18(21-17)15-4-3-5-16(20)11-15/h3-12H,1-2H3/b17-10-. The molecule has 0 atom stereocenters. The van der Waals surface area contributed by atoms with Gasteiger partial charge < -0.3 is 4.74 Å². The number of halogens is 1. The second kappa shape index (κ2) is 6.39. The second-order valence-corrected chi connectivity index (χ2v) is 6.10. The van der Waals surface area contributed by atoms with Crippen molar-refractivity contribution in [2.24, 2.45) is 4.99 Å². The molecule has 23 heavy (non-hydrogen) atoms. The number of hydrogen-bond acceptors (Lipinski definition) is 3. The van der Waals surface area contributed by atoms with Gasteiger partial charge in [0.2, 0.25) is 5.90 Å². The van der Waals surface area contributed by atoms with Crippen molar-refractivity contribution in [3.8, 4) is 0 Å². The highest BCUT2D eigenvalue weighted by atomic mass is 35.5. The molecule has 1 aliphatic heterocycles. The molecule has 0 radical (unpaired) electrons. The minimum absolute atomic E-state index is 0.280. The first-order valence-corrected chi connectivity index (χ1v) is 7.79. The molecule has 4 heteroatoms. The average molecular weight is 326 g/mol. The van der Waals surface area contributed by atoms with Crippen molar-refractivity contribution in [2.45, 2.75) is 19.8 Å². The van der Waals surface area contributed by atoms with Gasteiger partial charge in [0.1, 0.15) is 0 Å². The highest BCUT2D eigenvalue weighted by Gasteiger charge is 2.24. The highest BCUT2D eigenvalue weighted by Crippen LogP contribution is 2.22. The summed E-state index contributed by atoms with van der Waals surface area (Å²) < 4.78 is 5.23. The molecule has 0 N–H and O–H groups in total. The van der Waals surface area contributed by atoms with Crippen LogP contribution in [0, 0.1) is 0 Å². The molecule has 1 heterocycles. The van der Waals surface area contributed by atoms with E-state index in [1.54, 1.807) is 30.3 Å². The van der Waals surface area contributed by atoms with Gasteiger partial charge in [0.15, 0.2) is 5.70 Å². The Labute approximate surface area is 140 Å². The Bertz CT molecular complexity index is 804. The minimum Gasteiger partial charge on any atom is -0.402 e. The minimum atomic E-state index is -0.451. The molecule has 0 bridgehead atoms. The predicted octanol–water partition coefficient (Wildman–Crippen LogP) is 4.81. The van der Waals surface area contributed by atoms with Crippen molar-refractivity contribution < 1.29 is 9.53 Å². The number of rotatable bonds is 3. The van der Waals surface area contributed by atoms with Crippen LogP contribution in [0.2, 0.25) is 5.02 Å². The number of benzene rings is 2. The molecular formula is C19H16ClNO2. The van der Waals surface area contributed by atoms with Gasteiger partial charge in [-0.05, 0) is 41.3 Å². The molecule has 3 rings (SSSR count). The SMILES string of the molecule is CC(C)c1ccc(/C=C2\N=C(c3cccc(Cl)c3)OC2=O)cc1. The molecule has 0 amide bonds. The predicted molar refractivity (Wildman–Crippen MR) is 92.6 cm³/mol. The Morgan fingerprint density at radius 1 is 1.13 bits per heavy atom. The number of hydrogen-bond donors (Lipinski definition) is 0. The van der Waals surface area contributed by atoms with Crippen LogP contribution in [0.4, 0.5) is 0 Å². The van der Waals surface area contributed by atoms with Gasteiger partial charge in [-0.25, -0.2) is 9.79 Å². The van der Waals surface area contributed by atoms with Crippen LogP contribution in [0.5, 0.6) is 0 Å². The van der Waals surface area contributed by atoms with Crippen molar-refractivity contribution in [3.05, 3.63) is 75.9 Å². The quantitative estimate of drug-likeness (QED) is 0.600. The fourth-order valence-corrected chi connectivity index (χ4v) is 2.48. The van der Waals surface area contributed by atoms with Gasteiger partial charge >= 0.3 is 5.97 Å². The molecule has 0 fully saturated rings. The molecule has 0 saturated carbocycles. The largest absolute Gasteiger partial charge is 0.402 e. The first-order chi connectivity index (χ1) is 11.0. The summed E-state index contributed by atoms with van der Waals surface area (Å²) in [6, 6.07) is 15.1. The Kier molecular flexibility index (Phi) is 4.30. The third kappa shape index (κ3) is 3.51. The summed E-state index contributed by atoms with van der Waals surface area (Å²) in [5, 5.41) is 0.572. The second-order valence-electron chi connectivity index (χ2n) is 5.67. The van der Waals surface area contributed by atoms with Crippen LogP contribution in [0.15, 0.2) is 59.2 Å². The van der Waals surface area contributed by atoms with Gasteiger partial charge in [0.05, 0.1) is 0 Å². The number of cyclic esters (lactones) is 1. The maximum atomic E-state index is 12.0. The van der Waals surface area contributed by atoms with Gasteiger partial charge in [-0.15, -0.1) is 0 Å². The van der Waals surface area contributed by atoms with Crippen molar-refractivity contribution in [1.29, 1.82) is 0 Å². The van der Waals surface area contributed by atoms with Crippen LogP contribution < -0.4 is 0 Å². The lowest BCUT2D eigenvalue weighted by Crippen LogP contribution is -2.05. The Morgan fingerprint density at radius 3 is 2.52 bits per heavy atom. The number of esters is 1. The molecule has 1 aliphatic rings. The monoisotopic (exact) mass is 325 g/mol. The van der Waals surface area contributed by atoms with Crippen molar-refractivity contribution >= 4 is 29.5 Å². The normalized spacial score (nSPS) is 15.9. The third-order valence-corrected chi connectivity index (χ3v) is 3.83. The summed E-state index contributed by atoms with van der Waals surface area (Å²) in [6.07, 6.45) is 1.73. The van der Waals surface area contributed by atoms with Gasteiger partial charge in [0.25, 0.3) is 0 Å². The van der Waals surface area contributed by atoms with E-state index in [1.807, 2.05) is 12.1 Å². The van der Waals surface area contributed by atoms with Crippen LogP contribution in [-0.2, 0) is 9.53 Å². The smallest absolute Gasteiger partial charge is 0.363 e. The molecular weight excluding hydrogens is 310 g/mol. The summed E-state index contributed by atoms with van der Waals surface area (Å²) >= 11 is 5.96. The summed E-state index contributed by atoms with van der Waals surface area (Å²) in [6.45, 7) is 4.28. The zero-order valence-electron chi connectivity index (χ0n) is 12.9. The summed E-state index contributed by atoms with van der Waals surface area (Å²) in [4.78, 5) is 16.3. The maximum Gasteiger partial charge on any atom is 0.363 e. The number of aliphatic imine (C=N–C) groups is 1. The van der Waals surface area contributed by atoms with E-state index < -0.39 is 5.97 Å². The fourth-order valence-electron chi connectivity index (χ4n) is 2.29. The van der Waals surface area contributed by atoms with E-state index in [-0.39, 0.29) is 11.6 Å². The summed E-state index contributed by atoms with van der Waals surface area (Å²) in [5.74, 6) is 0.302. The molecule has 0 aromatic heterocycles. The molecule has 0 saturated heterocycles. The lowest BCUT2D eigenvalue weighted by Gasteiger charge is -2.04. The zero-order chi connectivity index (χ0) is 16.4. The number of ether oxygens (including phenoxy) is 1. The average Bonchev–Trinajstić information content (AvgIpc) is 2.89. The molecule has 0 spiro atoms. The summed E-state index contributed by atoms with van der Waals surface area (Å²) in [5.41, 5.74) is 3.14. The number of carbonyl (C=O) groups excluding carboxylic acids is 1. The number of carbonyl (C=O) groups is 1. The van der Waals surface area contributed by atoms with Crippen molar-refractivity contribution in [1.82, 2.24) is 0 Å². The van der Waals surface area contributed by atoms with E-state index in [4.69, 9.17) is 16.3 Å². The van der Waals surface area contributed by atoms with Gasteiger partial charge in [-0.3, -0.25) is 0 Å². The Morgan fingerprint density at radius 2 is 1.87 bits per heavy atom.